The van der Waals surface area contributed by atoms with E-state index in [9.17, 15) is 0 Å². The van der Waals surface area contributed by atoms with E-state index in [-0.39, 0.29) is 0 Å². The molecule has 0 saturated heterocycles. The van der Waals surface area contributed by atoms with Gasteiger partial charge in [0.05, 0.1) is 0 Å². The van der Waals surface area contributed by atoms with Crippen molar-refractivity contribution >= 4 is 5.69 Å². The molecule has 1 heteroatoms. The molecule has 0 aliphatic carbocycles. The average molecular weight is 205 g/mol. The zero-order valence-corrected chi connectivity index (χ0v) is 10.5. The number of likely N-dealkylation sites (N-methyl/N-ethyl adjacent to an activating group) is 1. The monoisotopic (exact) mass is 205 g/mol. The first-order valence-corrected chi connectivity index (χ1v) is 6.07. The van der Waals surface area contributed by atoms with E-state index in [0.717, 1.165) is 6.54 Å². The molecule has 0 fully saturated rings. The van der Waals surface area contributed by atoms with Gasteiger partial charge in [-0.25, -0.2) is 0 Å². The highest BCUT2D eigenvalue weighted by atomic mass is 15.1. The Kier molecular flexibility index (Phi) is 4.67. The molecule has 0 saturated carbocycles. The molecule has 1 aromatic carbocycles. The van der Waals surface area contributed by atoms with Crippen LogP contribution in [0.5, 0.6) is 0 Å². The molecule has 1 aliphatic heterocycles. The summed E-state index contributed by atoms with van der Waals surface area (Å²) in [6, 6.07) is 6.76. The minimum atomic E-state index is 1.13. The fourth-order valence-electron chi connectivity index (χ4n) is 1.93. The molecule has 0 radical (unpaired) electrons. The molecule has 0 atom stereocenters. The Morgan fingerprint density at radius 3 is 2.47 bits per heavy atom. The first-order valence-electron chi connectivity index (χ1n) is 6.07. The number of benzene rings is 1. The minimum Gasteiger partial charge on any atom is -0.371 e. The zero-order chi connectivity index (χ0) is 11.3. The van der Waals surface area contributed by atoms with Crippen LogP contribution >= 0.6 is 0 Å². The molecule has 1 aromatic rings. The van der Waals surface area contributed by atoms with Crippen molar-refractivity contribution in [1.82, 2.24) is 0 Å². The first kappa shape index (κ1) is 12.1. The third-order valence-corrected chi connectivity index (χ3v) is 2.61. The van der Waals surface area contributed by atoms with Crippen molar-refractivity contribution in [2.24, 2.45) is 0 Å². The van der Waals surface area contributed by atoms with Crippen LogP contribution in [-0.4, -0.2) is 13.1 Å². The van der Waals surface area contributed by atoms with Crippen LogP contribution in [0.15, 0.2) is 18.2 Å². The highest BCUT2D eigenvalue weighted by molar-refractivity contribution is 5.58. The molecule has 1 nitrogen and oxygen atoms in total. The first-order chi connectivity index (χ1) is 7.22. The predicted molar refractivity (Wildman–Crippen MR) is 68.7 cm³/mol. The third-order valence-electron chi connectivity index (χ3n) is 2.61. The zero-order valence-electron chi connectivity index (χ0n) is 10.5. The van der Waals surface area contributed by atoms with E-state index in [4.69, 9.17) is 0 Å². The average Bonchev–Trinajstić information content (AvgIpc) is 2.61. The fraction of sp³-hybridized carbons (Fsp3) is 0.571. The van der Waals surface area contributed by atoms with Gasteiger partial charge in [0.2, 0.25) is 0 Å². The summed E-state index contributed by atoms with van der Waals surface area (Å²) in [6.45, 7) is 11.0. The van der Waals surface area contributed by atoms with Crippen molar-refractivity contribution in [3.8, 4) is 0 Å². The van der Waals surface area contributed by atoms with Gasteiger partial charge in [-0.15, -0.1) is 0 Å². The number of nitrogens with zero attached hydrogens (tertiary/aromatic N) is 1. The van der Waals surface area contributed by atoms with Gasteiger partial charge in [-0.3, -0.25) is 0 Å². The molecule has 1 aliphatic rings. The summed E-state index contributed by atoms with van der Waals surface area (Å²) < 4.78 is 0. The van der Waals surface area contributed by atoms with Crippen LogP contribution in [0.1, 0.15) is 38.3 Å². The summed E-state index contributed by atoms with van der Waals surface area (Å²) in [4.78, 5) is 2.44. The van der Waals surface area contributed by atoms with Crippen LogP contribution in [0.2, 0.25) is 0 Å². The topological polar surface area (TPSA) is 3.24 Å². The van der Waals surface area contributed by atoms with E-state index in [2.05, 4.69) is 50.8 Å². The Morgan fingerprint density at radius 2 is 1.87 bits per heavy atom. The van der Waals surface area contributed by atoms with Crippen molar-refractivity contribution in [3.05, 3.63) is 29.3 Å². The van der Waals surface area contributed by atoms with E-state index in [1.54, 1.807) is 0 Å². The van der Waals surface area contributed by atoms with Crippen molar-refractivity contribution in [1.29, 1.82) is 0 Å². The molecule has 2 rings (SSSR count). The Morgan fingerprint density at radius 1 is 1.20 bits per heavy atom. The fourth-order valence-corrected chi connectivity index (χ4v) is 1.93. The molecule has 0 amide bonds. The van der Waals surface area contributed by atoms with Crippen molar-refractivity contribution in [2.75, 3.05) is 18.0 Å². The van der Waals surface area contributed by atoms with Gasteiger partial charge >= 0.3 is 0 Å². The van der Waals surface area contributed by atoms with Gasteiger partial charge in [0.1, 0.15) is 0 Å². The van der Waals surface area contributed by atoms with Crippen LogP contribution in [0.4, 0.5) is 5.69 Å². The van der Waals surface area contributed by atoms with E-state index in [1.165, 1.54) is 36.2 Å². The summed E-state index contributed by atoms with van der Waals surface area (Å²) >= 11 is 0. The molecule has 0 aromatic heterocycles. The van der Waals surface area contributed by atoms with Gasteiger partial charge in [-0.05, 0) is 31.9 Å². The van der Waals surface area contributed by atoms with Crippen molar-refractivity contribution in [2.45, 2.75) is 40.5 Å². The van der Waals surface area contributed by atoms with Gasteiger partial charge in [-0.1, -0.05) is 38.0 Å². The Balaban J connectivity index is 0.000000337. The van der Waals surface area contributed by atoms with Gasteiger partial charge in [0.25, 0.3) is 0 Å². The maximum atomic E-state index is 2.44. The van der Waals surface area contributed by atoms with Crippen LogP contribution in [0.25, 0.3) is 0 Å². The molecule has 84 valence electrons. The summed E-state index contributed by atoms with van der Waals surface area (Å²) in [5.41, 5.74) is 4.35. The van der Waals surface area contributed by atoms with Crippen LogP contribution in [-0.2, 0) is 6.42 Å². The highest BCUT2D eigenvalue weighted by Gasteiger charge is 2.16. The second-order valence-corrected chi connectivity index (χ2v) is 4.17. The largest absolute Gasteiger partial charge is 0.371 e. The van der Waals surface area contributed by atoms with E-state index in [1.807, 2.05) is 0 Å². The molecule has 0 N–H and O–H groups in total. The second kappa shape index (κ2) is 5.79. The van der Waals surface area contributed by atoms with Gasteiger partial charge in [0, 0.05) is 18.8 Å². The molecule has 0 unspecified atom stereocenters. The smallest absolute Gasteiger partial charge is 0.0399 e. The molecule has 0 spiro atoms. The van der Waals surface area contributed by atoms with Crippen LogP contribution in [0, 0.1) is 6.92 Å². The second-order valence-electron chi connectivity index (χ2n) is 4.17. The van der Waals surface area contributed by atoms with Crippen LogP contribution < -0.4 is 4.90 Å². The summed E-state index contributed by atoms with van der Waals surface area (Å²) in [6.07, 6.45) is 2.48. The maximum absolute atomic E-state index is 2.44. The van der Waals surface area contributed by atoms with E-state index >= 15 is 0 Å². The third kappa shape index (κ3) is 2.98. The Labute approximate surface area is 94.1 Å². The van der Waals surface area contributed by atoms with E-state index in [0.29, 0.717) is 0 Å². The number of anilines is 1. The predicted octanol–water partition coefficient (Wildman–Crippen LogP) is 3.79. The van der Waals surface area contributed by atoms with Gasteiger partial charge < -0.3 is 4.90 Å². The lowest BCUT2D eigenvalue weighted by atomic mass is 10.1. The lowest BCUT2D eigenvalue weighted by Gasteiger charge is -2.16. The molecule has 0 bridgehead atoms. The van der Waals surface area contributed by atoms with Gasteiger partial charge in [0.15, 0.2) is 0 Å². The summed E-state index contributed by atoms with van der Waals surface area (Å²) in [5.74, 6) is 0. The maximum Gasteiger partial charge on any atom is 0.0399 e. The minimum absolute atomic E-state index is 1.13. The lowest BCUT2D eigenvalue weighted by molar-refractivity contribution is 0.868. The Hall–Kier alpha value is -0.980. The van der Waals surface area contributed by atoms with Crippen LogP contribution in [0.3, 0.4) is 0 Å². The molecule has 1 heterocycles. The number of rotatable bonds is 1. The summed E-state index contributed by atoms with van der Waals surface area (Å²) in [7, 11) is 0. The Bertz CT molecular complexity index is 304. The highest BCUT2D eigenvalue weighted by Crippen LogP contribution is 2.27. The summed E-state index contributed by atoms with van der Waals surface area (Å²) in [5, 5.41) is 0. The molecule has 15 heavy (non-hydrogen) atoms. The molecular weight excluding hydrogens is 182 g/mol. The van der Waals surface area contributed by atoms with Crippen molar-refractivity contribution < 1.29 is 0 Å². The SMILES string of the molecule is CCC.CCN1CCc2cc(C)ccc21. The van der Waals surface area contributed by atoms with E-state index < -0.39 is 0 Å². The normalized spacial score (nSPS) is 13.2. The lowest BCUT2D eigenvalue weighted by Crippen LogP contribution is -2.18. The van der Waals surface area contributed by atoms with Gasteiger partial charge in [-0.2, -0.15) is 0 Å². The quantitative estimate of drug-likeness (QED) is 0.674. The van der Waals surface area contributed by atoms with Crippen molar-refractivity contribution in [3.63, 3.8) is 0 Å². The number of hydrogen-bond acceptors (Lipinski definition) is 1. The number of hydrogen-bond donors (Lipinski definition) is 0. The molecular formula is C14H23N. The number of fused-ring (bicyclic) bond motifs is 1. The standard InChI is InChI=1S/C11H15N.C3H8/c1-3-12-7-6-10-8-9(2)4-5-11(10)12;1-3-2/h4-5,8H,3,6-7H2,1-2H3;3H2,1-2H3. The number of aryl methyl sites for hydroxylation is 1.